The highest BCUT2D eigenvalue weighted by Gasteiger charge is 2.11. The van der Waals surface area contributed by atoms with Crippen LogP contribution in [0.5, 0.6) is 0 Å². The molecule has 0 saturated carbocycles. The number of aliphatic hydroxyl groups excluding tert-OH is 1. The van der Waals surface area contributed by atoms with Gasteiger partial charge in [-0.2, -0.15) is 0 Å². The number of aliphatic imine (C=N–C) groups is 1. The van der Waals surface area contributed by atoms with Crippen molar-refractivity contribution in [1.29, 1.82) is 0 Å². The van der Waals surface area contributed by atoms with Crippen LogP contribution in [0.15, 0.2) is 89.9 Å². The number of hydrogen-bond acceptors (Lipinski definition) is 6. The van der Waals surface area contributed by atoms with E-state index in [9.17, 15) is 20.0 Å². The summed E-state index contributed by atoms with van der Waals surface area (Å²) < 4.78 is 6.12. The van der Waals surface area contributed by atoms with E-state index >= 15 is 0 Å². The van der Waals surface area contributed by atoms with E-state index < -0.39 is 10.9 Å². The maximum absolute atomic E-state index is 11.5. The van der Waals surface area contributed by atoms with E-state index in [1.165, 1.54) is 12.1 Å². The van der Waals surface area contributed by atoms with E-state index in [-0.39, 0.29) is 24.3 Å². The normalized spacial score (nSPS) is 11.5. The number of aliphatic carboxylic acids is 1. The van der Waals surface area contributed by atoms with Crippen LogP contribution in [-0.4, -0.2) is 40.2 Å². The number of nitrogens with zero attached hydrogens (tertiary/aromatic N) is 2. The van der Waals surface area contributed by atoms with Crippen molar-refractivity contribution in [3.63, 3.8) is 0 Å². The second kappa shape index (κ2) is 16.5. The number of unbranched alkanes of at least 4 members (excludes halogenated alkanes) is 5. The molecule has 2 N–H and O–H groups in total. The highest BCUT2D eigenvalue weighted by Crippen LogP contribution is 2.25. The molecule has 3 aromatic rings. The first-order valence-electron chi connectivity index (χ1n) is 13.7. The first kappa shape index (κ1) is 31.0. The van der Waals surface area contributed by atoms with Crippen molar-refractivity contribution in [2.24, 2.45) is 4.99 Å². The number of ether oxygens (including phenoxy) is 1. The highest BCUT2D eigenvalue weighted by atomic mass is 16.6. The number of nitro benzene ring substituents is 1. The number of carboxylic acid groups (broad SMARTS) is 1. The number of carbonyl (C=O) groups is 1. The van der Waals surface area contributed by atoms with Gasteiger partial charge in [-0.15, -0.1) is 0 Å². The second-order valence-corrected chi connectivity index (χ2v) is 9.63. The van der Waals surface area contributed by atoms with E-state index in [1.807, 2.05) is 60.7 Å². The molecule has 3 rings (SSSR count). The minimum absolute atomic E-state index is 0.0114. The van der Waals surface area contributed by atoms with Crippen LogP contribution in [0, 0.1) is 10.1 Å². The van der Waals surface area contributed by atoms with Crippen LogP contribution >= 0.6 is 0 Å². The van der Waals surface area contributed by atoms with Crippen molar-refractivity contribution in [2.75, 3.05) is 13.2 Å². The molecule has 0 aliphatic carbocycles. The van der Waals surface area contributed by atoms with Crippen LogP contribution in [0.1, 0.15) is 60.8 Å². The molecule has 0 fully saturated rings. The molecule has 214 valence electrons. The molecule has 8 heteroatoms. The van der Waals surface area contributed by atoms with E-state index in [1.54, 1.807) is 12.1 Å². The SMILES string of the molecule is C=C(Cc1cc(N=C(OCCCCCCCCO)c2ccccc2)ccc1C=Cc1ccc([N+](=O)[O-])cc1)C(=O)O. The van der Waals surface area contributed by atoms with Crippen molar-refractivity contribution in [2.45, 2.75) is 44.9 Å². The van der Waals surface area contributed by atoms with Gasteiger partial charge in [0.2, 0.25) is 5.90 Å². The van der Waals surface area contributed by atoms with Gasteiger partial charge in [0.15, 0.2) is 0 Å². The van der Waals surface area contributed by atoms with Crippen molar-refractivity contribution in [3.8, 4) is 0 Å². The molecular formula is C33H36N2O6. The summed E-state index contributed by atoms with van der Waals surface area (Å²) in [6.07, 6.45) is 9.76. The summed E-state index contributed by atoms with van der Waals surface area (Å²) in [6.45, 7) is 4.45. The minimum Gasteiger partial charge on any atom is -0.478 e. The number of rotatable bonds is 16. The molecule has 0 bridgehead atoms. The molecule has 8 nitrogen and oxygen atoms in total. The molecule has 0 aliphatic heterocycles. The first-order chi connectivity index (χ1) is 19.9. The van der Waals surface area contributed by atoms with Gasteiger partial charge >= 0.3 is 5.97 Å². The Morgan fingerprint density at radius 3 is 2.27 bits per heavy atom. The van der Waals surface area contributed by atoms with Crippen LogP contribution in [-0.2, 0) is 16.0 Å². The van der Waals surface area contributed by atoms with Crippen molar-refractivity contribution in [3.05, 3.63) is 117 Å². The lowest BCUT2D eigenvalue weighted by Crippen LogP contribution is -2.08. The largest absolute Gasteiger partial charge is 0.478 e. The Balaban J connectivity index is 1.83. The molecule has 0 radical (unpaired) electrons. The van der Waals surface area contributed by atoms with Crippen LogP contribution in [0.3, 0.4) is 0 Å². The fraction of sp³-hybridized carbons (Fsp3) is 0.273. The molecule has 0 unspecified atom stereocenters. The van der Waals surface area contributed by atoms with Gasteiger partial charge in [0.1, 0.15) is 0 Å². The van der Waals surface area contributed by atoms with Gasteiger partial charge in [-0.05, 0) is 65.9 Å². The van der Waals surface area contributed by atoms with Crippen LogP contribution in [0.4, 0.5) is 11.4 Å². The summed E-state index contributed by atoms with van der Waals surface area (Å²) in [5.41, 5.74) is 3.81. The number of nitro groups is 1. The van der Waals surface area contributed by atoms with E-state index in [4.69, 9.17) is 14.8 Å². The fourth-order valence-electron chi connectivity index (χ4n) is 4.14. The van der Waals surface area contributed by atoms with Gasteiger partial charge in [0.25, 0.3) is 5.69 Å². The Morgan fingerprint density at radius 1 is 0.927 bits per heavy atom. The predicted octanol–water partition coefficient (Wildman–Crippen LogP) is 7.38. The molecule has 0 saturated heterocycles. The summed E-state index contributed by atoms with van der Waals surface area (Å²) >= 11 is 0. The van der Waals surface area contributed by atoms with E-state index in [0.717, 1.165) is 60.8 Å². The first-order valence-corrected chi connectivity index (χ1v) is 13.7. The average Bonchev–Trinajstić information content (AvgIpc) is 2.98. The average molecular weight is 557 g/mol. The summed E-state index contributed by atoms with van der Waals surface area (Å²) in [7, 11) is 0. The number of carboxylic acids is 1. The summed E-state index contributed by atoms with van der Waals surface area (Å²) in [5, 5.41) is 29.3. The maximum atomic E-state index is 11.5. The molecule has 0 spiro atoms. The fourth-order valence-corrected chi connectivity index (χ4v) is 4.14. The van der Waals surface area contributed by atoms with Crippen LogP contribution < -0.4 is 0 Å². The van der Waals surface area contributed by atoms with Gasteiger partial charge in [0, 0.05) is 36.3 Å². The molecule has 0 aliphatic rings. The smallest absolute Gasteiger partial charge is 0.331 e. The topological polar surface area (TPSA) is 122 Å². The lowest BCUT2D eigenvalue weighted by Gasteiger charge is -2.12. The maximum Gasteiger partial charge on any atom is 0.331 e. The molecule has 3 aromatic carbocycles. The lowest BCUT2D eigenvalue weighted by atomic mass is 9.98. The summed E-state index contributed by atoms with van der Waals surface area (Å²) in [6, 6.07) is 21.4. The molecule has 0 amide bonds. The minimum atomic E-state index is -1.08. The van der Waals surface area contributed by atoms with Gasteiger partial charge in [-0.1, -0.05) is 68.7 Å². The van der Waals surface area contributed by atoms with E-state index in [0.29, 0.717) is 18.2 Å². The number of hydrogen-bond donors (Lipinski definition) is 2. The standard InChI is InChI=1S/C33H36N2O6/c1-25(33(37)38)23-29-24-30(18-17-27(29)16-13-26-14-19-31(20-15-26)35(39)40)34-32(28-11-7-6-8-12-28)41-22-10-5-3-2-4-9-21-36/h6-8,11-20,24,36H,1-5,9-10,21-23H2,(H,37,38). The quantitative estimate of drug-likeness (QED) is 0.0361. The molecule has 0 heterocycles. The number of non-ortho nitro benzene ring substituents is 1. The van der Waals surface area contributed by atoms with E-state index in [2.05, 4.69) is 6.58 Å². The number of benzene rings is 3. The van der Waals surface area contributed by atoms with Crippen molar-refractivity contribution >= 4 is 35.4 Å². The Kier molecular flexibility index (Phi) is 12.5. The Morgan fingerprint density at radius 2 is 1.61 bits per heavy atom. The summed E-state index contributed by atoms with van der Waals surface area (Å²) in [5.74, 6) is -0.586. The van der Waals surface area contributed by atoms with Crippen LogP contribution in [0.2, 0.25) is 0 Å². The Labute approximate surface area is 240 Å². The molecule has 41 heavy (non-hydrogen) atoms. The number of aliphatic hydroxyl groups is 1. The third-order valence-corrected chi connectivity index (χ3v) is 6.43. The molecule has 0 aromatic heterocycles. The van der Waals surface area contributed by atoms with Gasteiger partial charge < -0.3 is 14.9 Å². The third kappa shape index (κ3) is 10.5. The monoisotopic (exact) mass is 556 g/mol. The Hall–Kier alpha value is -4.56. The predicted molar refractivity (Wildman–Crippen MR) is 162 cm³/mol. The Bertz CT molecular complexity index is 1360. The second-order valence-electron chi connectivity index (χ2n) is 9.63. The summed E-state index contributed by atoms with van der Waals surface area (Å²) in [4.78, 5) is 26.8. The van der Waals surface area contributed by atoms with Crippen molar-refractivity contribution < 1.29 is 24.7 Å². The zero-order valence-corrected chi connectivity index (χ0v) is 23.1. The zero-order chi connectivity index (χ0) is 29.5. The van der Waals surface area contributed by atoms with Gasteiger partial charge in [-0.3, -0.25) is 10.1 Å². The van der Waals surface area contributed by atoms with Gasteiger partial charge in [-0.25, -0.2) is 9.79 Å². The van der Waals surface area contributed by atoms with Crippen molar-refractivity contribution in [1.82, 2.24) is 0 Å². The molecule has 0 atom stereocenters. The molecular weight excluding hydrogens is 520 g/mol. The lowest BCUT2D eigenvalue weighted by molar-refractivity contribution is -0.384. The van der Waals surface area contributed by atoms with Gasteiger partial charge in [0.05, 0.1) is 17.2 Å². The van der Waals surface area contributed by atoms with Crippen LogP contribution in [0.25, 0.3) is 12.2 Å². The highest BCUT2D eigenvalue weighted by molar-refractivity contribution is 5.96. The third-order valence-electron chi connectivity index (χ3n) is 6.43. The zero-order valence-electron chi connectivity index (χ0n) is 23.1.